The topological polar surface area (TPSA) is 60.8 Å². The number of carbonyl (C=O) groups is 2. The van der Waals surface area contributed by atoms with Crippen molar-refractivity contribution in [2.75, 3.05) is 20.3 Å². The lowest BCUT2D eigenvalue weighted by Gasteiger charge is -2.14. The van der Waals surface area contributed by atoms with Gasteiger partial charge in [0.05, 0.1) is 24.2 Å². The highest BCUT2D eigenvalue weighted by Gasteiger charge is 2.35. The smallest absolute Gasteiger partial charge is 0.293 e. The van der Waals surface area contributed by atoms with Gasteiger partial charge in [-0.2, -0.15) is 0 Å². The van der Waals surface area contributed by atoms with E-state index in [1.54, 1.807) is 19.2 Å². The zero-order chi connectivity index (χ0) is 25.2. The summed E-state index contributed by atoms with van der Waals surface area (Å²) in [4.78, 5) is 27.3. The van der Waals surface area contributed by atoms with Crippen molar-refractivity contribution >= 4 is 39.8 Å². The maximum Gasteiger partial charge on any atom is 0.293 e. The first-order valence-corrected chi connectivity index (χ1v) is 12.5. The molecule has 0 N–H and O–H groups in total. The third-order valence-corrected chi connectivity index (χ3v) is 7.19. The first kappa shape index (κ1) is 23.8. The Hall–Kier alpha value is -3.97. The molecular weight excluding hydrogens is 472 g/mol. The van der Waals surface area contributed by atoms with Gasteiger partial charge in [-0.3, -0.25) is 14.5 Å². The van der Waals surface area contributed by atoms with Crippen LogP contribution in [0.4, 0.5) is 4.79 Å². The van der Waals surface area contributed by atoms with Crippen LogP contribution in [0.1, 0.15) is 17.0 Å². The van der Waals surface area contributed by atoms with Crippen molar-refractivity contribution in [2.24, 2.45) is 0 Å². The number of methoxy groups -OCH3 is 1. The van der Waals surface area contributed by atoms with Gasteiger partial charge in [0.25, 0.3) is 11.1 Å². The Labute approximate surface area is 214 Å². The Morgan fingerprint density at radius 1 is 0.917 bits per heavy atom. The molecule has 3 aromatic carbocycles. The van der Waals surface area contributed by atoms with Crippen LogP contribution in [0.25, 0.3) is 22.5 Å². The number of hydrogen-bond acceptors (Lipinski definition) is 5. The summed E-state index contributed by atoms with van der Waals surface area (Å²) in [6, 6.07) is 23.9. The predicted molar refractivity (Wildman–Crippen MR) is 144 cm³/mol. The van der Waals surface area contributed by atoms with Crippen molar-refractivity contribution in [3.05, 3.63) is 94.7 Å². The molecule has 2 heterocycles. The van der Waals surface area contributed by atoms with Gasteiger partial charge in [0.2, 0.25) is 0 Å². The molecule has 0 atom stereocenters. The minimum absolute atomic E-state index is 0.162. The molecule has 182 valence electrons. The van der Waals surface area contributed by atoms with E-state index in [1.165, 1.54) is 10.3 Å². The lowest BCUT2D eigenvalue weighted by atomic mass is 10.1. The molecule has 1 aliphatic heterocycles. The van der Waals surface area contributed by atoms with Crippen molar-refractivity contribution in [1.29, 1.82) is 0 Å². The van der Waals surface area contributed by atoms with Gasteiger partial charge >= 0.3 is 0 Å². The van der Waals surface area contributed by atoms with Crippen molar-refractivity contribution in [2.45, 2.75) is 13.8 Å². The number of rotatable bonds is 7. The summed E-state index contributed by atoms with van der Waals surface area (Å²) in [7, 11) is 1.57. The molecule has 0 unspecified atom stereocenters. The number of fused-ring (bicyclic) bond motifs is 1. The summed E-state index contributed by atoms with van der Waals surface area (Å²) in [6.07, 6.45) is 1.82. The third-order valence-electron chi connectivity index (χ3n) is 6.28. The van der Waals surface area contributed by atoms with Crippen LogP contribution >= 0.6 is 11.8 Å². The molecule has 1 saturated heterocycles. The molecule has 1 aliphatic rings. The Balaban J connectivity index is 1.36. The molecule has 7 heteroatoms. The van der Waals surface area contributed by atoms with Gasteiger partial charge in [-0.15, -0.1) is 0 Å². The Morgan fingerprint density at radius 2 is 1.64 bits per heavy atom. The van der Waals surface area contributed by atoms with Crippen LogP contribution in [0.15, 0.2) is 77.7 Å². The molecule has 1 aromatic heterocycles. The standard InChI is InChI=1S/C29H26N2O4S/c1-19-17-22(20(2)31(19)24-12-8-10-21-9-4-5-11-23(21)24)18-27-28(32)30(29(33)36-27)15-16-35-26-14-7-6-13-25(26)34-3/h4-14,17-18H,15-16H2,1-3H3/b27-18-. The molecule has 0 radical (unpaired) electrons. The Morgan fingerprint density at radius 3 is 2.44 bits per heavy atom. The normalized spacial score (nSPS) is 14.8. The molecule has 0 spiro atoms. The molecule has 1 fully saturated rings. The van der Waals surface area contributed by atoms with E-state index in [0.29, 0.717) is 16.4 Å². The molecule has 6 nitrogen and oxygen atoms in total. The number of amides is 2. The van der Waals surface area contributed by atoms with Crippen LogP contribution in [0, 0.1) is 13.8 Å². The monoisotopic (exact) mass is 498 g/mol. The van der Waals surface area contributed by atoms with Gasteiger partial charge in [-0.25, -0.2) is 0 Å². The van der Waals surface area contributed by atoms with Crippen molar-refractivity contribution in [1.82, 2.24) is 9.47 Å². The zero-order valence-corrected chi connectivity index (χ0v) is 21.2. The van der Waals surface area contributed by atoms with Gasteiger partial charge in [0.15, 0.2) is 11.5 Å². The number of benzene rings is 3. The molecule has 2 amide bonds. The Kier molecular flexibility index (Phi) is 6.57. The lowest BCUT2D eigenvalue weighted by Crippen LogP contribution is -2.32. The largest absolute Gasteiger partial charge is 0.493 e. The summed E-state index contributed by atoms with van der Waals surface area (Å²) in [5.41, 5.74) is 4.07. The second-order valence-corrected chi connectivity index (χ2v) is 9.49. The fraction of sp³-hybridized carbons (Fsp3) is 0.172. The fourth-order valence-electron chi connectivity index (χ4n) is 4.53. The second-order valence-electron chi connectivity index (χ2n) is 8.49. The van der Waals surface area contributed by atoms with E-state index in [1.807, 2.05) is 44.2 Å². The van der Waals surface area contributed by atoms with E-state index >= 15 is 0 Å². The first-order chi connectivity index (χ1) is 17.5. The van der Waals surface area contributed by atoms with Crippen molar-refractivity contribution < 1.29 is 19.1 Å². The molecule has 36 heavy (non-hydrogen) atoms. The number of imide groups is 1. The van der Waals surface area contributed by atoms with Gasteiger partial charge in [0.1, 0.15) is 6.61 Å². The van der Waals surface area contributed by atoms with E-state index in [9.17, 15) is 9.59 Å². The van der Waals surface area contributed by atoms with E-state index < -0.39 is 0 Å². The number of hydrogen-bond donors (Lipinski definition) is 0. The van der Waals surface area contributed by atoms with E-state index in [4.69, 9.17) is 9.47 Å². The Bertz CT molecular complexity index is 1500. The molecular formula is C29H26N2O4S. The average molecular weight is 499 g/mol. The predicted octanol–water partition coefficient (Wildman–Crippen LogP) is 6.37. The number of nitrogens with zero attached hydrogens (tertiary/aromatic N) is 2. The maximum absolute atomic E-state index is 13.1. The summed E-state index contributed by atoms with van der Waals surface area (Å²) in [5, 5.41) is 2.03. The third kappa shape index (κ3) is 4.38. The molecule has 5 rings (SSSR count). The van der Waals surface area contributed by atoms with Gasteiger partial charge in [-0.1, -0.05) is 48.5 Å². The van der Waals surface area contributed by atoms with E-state index in [2.05, 4.69) is 41.0 Å². The zero-order valence-electron chi connectivity index (χ0n) is 20.4. The van der Waals surface area contributed by atoms with Crippen LogP contribution in [0.2, 0.25) is 0 Å². The number of para-hydroxylation sites is 2. The van der Waals surface area contributed by atoms with E-state index in [-0.39, 0.29) is 24.3 Å². The number of aryl methyl sites for hydroxylation is 1. The molecule has 0 bridgehead atoms. The van der Waals surface area contributed by atoms with Crippen LogP contribution in [0.3, 0.4) is 0 Å². The van der Waals surface area contributed by atoms with Crippen LogP contribution in [-0.2, 0) is 4.79 Å². The first-order valence-electron chi connectivity index (χ1n) is 11.7. The lowest BCUT2D eigenvalue weighted by molar-refractivity contribution is -0.123. The highest BCUT2D eigenvalue weighted by Crippen LogP contribution is 2.35. The maximum atomic E-state index is 13.1. The van der Waals surface area contributed by atoms with E-state index in [0.717, 1.165) is 39.8 Å². The van der Waals surface area contributed by atoms with Crippen LogP contribution in [-0.4, -0.2) is 40.9 Å². The number of aromatic nitrogens is 1. The van der Waals surface area contributed by atoms with Crippen LogP contribution < -0.4 is 9.47 Å². The van der Waals surface area contributed by atoms with Gasteiger partial charge in [-0.05, 0) is 66.9 Å². The second kappa shape index (κ2) is 9.95. The highest BCUT2D eigenvalue weighted by molar-refractivity contribution is 8.18. The fourth-order valence-corrected chi connectivity index (χ4v) is 5.38. The van der Waals surface area contributed by atoms with Crippen molar-refractivity contribution in [3.63, 3.8) is 0 Å². The summed E-state index contributed by atoms with van der Waals surface area (Å²) in [6.45, 7) is 4.43. The van der Waals surface area contributed by atoms with Gasteiger partial charge in [0, 0.05) is 16.8 Å². The number of ether oxygens (including phenoxy) is 2. The quantitative estimate of drug-likeness (QED) is 0.277. The number of carbonyl (C=O) groups excluding carboxylic acids is 2. The highest BCUT2D eigenvalue weighted by atomic mass is 32.2. The van der Waals surface area contributed by atoms with Crippen molar-refractivity contribution in [3.8, 4) is 17.2 Å². The molecule has 0 aliphatic carbocycles. The van der Waals surface area contributed by atoms with Crippen LogP contribution in [0.5, 0.6) is 11.5 Å². The number of thioether (sulfide) groups is 1. The summed E-state index contributed by atoms with van der Waals surface area (Å²) >= 11 is 0.962. The molecule has 4 aromatic rings. The SMILES string of the molecule is COc1ccccc1OCCN1C(=O)S/C(=C\c2cc(C)n(-c3cccc4ccccc34)c2C)C1=O. The minimum Gasteiger partial charge on any atom is -0.493 e. The minimum atomic E-state index is -0.302. The average Bonchev–Trinajstić information content (AvgIpc) is 3.32. The summed E-state index contributed by atoms with van der Waals surface area (Å²) in [5.74, 6) is 0.875. The summed E-state index contributed by atoms with van der Waals surface area (Å²) < 4.78 is 13.2. The molecule has 0 saturated carbocycles. The van der Waals surface area contributed by atoms with Gasteiger partial charge < -0.3 is 14.0 Å².